The number of carbonyl (C=O) groups excluding carboxylic acids is 2. The lowest BCUT2D eigenvalue weighted by atomic mass is 10.1. The molecule has 0 aliphatic rings. The summed E-state index contributed by atoms with van der Waals surface area (Å²) in [7, 11) is 0. The normalized spacial score (nSPS) is 12.3. The van der Waals surface area contributed by atoms with E-state index in [0.29, 0.717) is 11.1 Å². The molecule has 2 aromatic carbocycles. The summed E-state index contributed by atoms with van der Waals surface area (Å²) in [6.07, 6.45) is 0. The van der Waals surface area contributed by atoms with Crippen LogP contribution in [0.2, 0.25) is 0 Å². The minimum atomic E-state index is -1.38. The summed E-state index contributed by atoms with van der Waals surface area (Å²) in [6, 6.07) is 13.0. The van der Waals surface area contributed by atoms with Crippen LogP contribution in [0.1, 0.15) is 23.2 Å². The van der Waals surface area contributed by atoms with Crippen LogP contribution in [0.25, 0.3) is 0 Å². The number of amides is 2. The highest BCUT2D eigenvalue weighted by molar-refractivity contribution is 5.86. The Balaban J connectivity index is 2.06. The third-order valence-corrected chi connectivity index (χ3v) is 5.55. The number of carbonyl (C=O) groups is 6. The third-order valence-electron chi connectivity index (χ3n) is 5.55. The van der Waals surface area contributed by atoms with Gasteiger partial charge in [-0.3, -0.25) is 29.0 Å². The van der Waals surface area contributed by atoms with Gasteiger partial charge < -0.3 is 31.1 Å². The van der Waals surface area contributed by atoms with E-state index in [0.717, 1.165) is 9.80 Å². The number of carboxylic acids is 4. The van der Waals surface area contributed by atoms with E-state index in [1.807, 2.05) is 0 Å². The highest BCUT2D eigenvalue weighted by Crippen LogP contribution is 2.14. The average molecular weight is 559 g/mol. The molecule has 0 fully saturated rings. The molecule has 0 bridgehead atoms. The van der Waals surface area contributed by atoms with Gasteiger partial charge in [0.2, 0.25) is 11.8 Å². The van der Waals surface area contributed by atoms with E-state index in [-0.39, 0.29) is 13.1 Å². The van der Waals surface area contributed by atoms with Gasteiger partial charge in [-0.15, -0.1) is 0 Å². The molecule has 0 radical (unpaired) electrons. The molecular formula is C26H30N4O10. The number of nitrogens with zero attached hydrogens (tertiary/aromatic N) is 2. The maximum absolute atomic E-state index is 12.6. The van der Waals surface area contributed by atoms with Gasteiger partial charge in [0, 0.05) is 13.1 Å². The molecule has 2 amide bonds. The fourth-order valence-corrected chi connectivity index (χ4v) is 3.78. The fourth-order valence-electron chi connectivity index (χ4n) is 3.78. The molecule has 2 atom stereocenters. The summed E-state index contributed by atoms with van der Waals surface area (Å²) in [6.45, 7) is -2.65. The largest absolute Gasteiger partial charge is 0.480 e. The van der Waals surface area contributed by atoms with Crippen molar-refractivity contribution in [3.8, 4) is 0 Å². The molecule has 0 aliphatic carbocycles. The van der Waals surface area contributed by atoms with E-state index in [2.05, 4.69) is 10.6 Å². The van der Waals surface area contributed by atoms with Crippen molar-refractivity contribution >= 4 is 35.7 Å². The van der Waals surface area contributed by atoms with Gasteiger partial charge >= 0.3 is 23.9 Å². The molecule has 0 aromatic heterocycles. The van der Waals surface area contributed by atoms with Gasteiger partial charge in [-0.1, -0.05) is 60.7 Å². The lowest BCUT2D eigenvalue weighted by Crippen LogP contribution is -2.48. The van der Waals surface area contributed by atoms with Crippen LogP contribution < -0.4 is 10.6 Å². The SMILES string of the molecule is O=C(O)CN(CCN(CC(=O)O)CC(=O)N[C@H](C(=O)O)c1ccccc1)CC(=O)N[C@H](C(=O)O)c1ccccc1. The highest BCUT2D eigenvalue weighted by Gasteiger charge is 2.26. The van der Waals surface area contributed by atoms with Gasteiger partial charge in [-0.2, -0.15) is 0 Å². The van der Waals surface area contributed by atoms with Gasteiger partial charge in [0.15, 0.2) is 12.1 Å². The zero-order valence-corrected chi connectivity index (χ0v) is 21.3. The Morgan fingerprint density at radius 2 is 0.875 bits per heavy atom. The first kappa shape index (κ1) is 31.4. The quantitative estimate of drug-likeness (QED) is 0.147. The first-order chi connectivity index (χ1) is 19.0. The van der Waals surface area contributed by atoms with Gasteiger partial charge in [0.25, 0.3) is 0 Å². The van der Waals surface area contributed by atoms with Crippen LogP contribution in [0.3, 0.4) is 0 Å². The van der Waals surface area contributed by atoms with Crippen molar-refractivity contribution in [3.63, 3.8) is 0 Å². The second-order valence-electron chi connectivity index (χ2n) is 8.71. The predicted octanol–water partition coefficient (Wildman–Crippen LogP) is -0.356. The number of hydrogen-bond donors (Lipinski definition) is 6. The molecule has 2 rings (SSSR count). The first-order valence-corrected chi connectivity index (χ1v) is 12.0. The molecule has 214 valence electrons. The van der Waals surface area contributed by atoms with Crippen molar-refractivity contribution in [3.05, 3.63) is 71.8 Å². The van der Waals surface area contributed by atoms with Crippen LogP contribution >= 0.6 is 0 Å². The van der Waals surface area contributed by atoms with Crippen LogP contribution in [0, 0.1) is 0 Å². The lowest BCUT2D eigenvalue weighted by molar-refractivity contribution is -0.143. The van der Waals surface area contributed by atoms with Crippen molar-refractivity contribution in [1.29, 1.82) is 0 Å². The Hall–Kier alpha value is -4.82. The predicted molar refractivity (Wildman–Crippen MR) is 138 cm³/mol. The zero-order chi connectivity index (χ0) is 29.7. The van der Waals surface area contributed by atoms with Crippen LogP contribution in [0.4, 0.5) is 0 Å². The summed E-state index contributed by atoms with van der Waals surface area (Å²) in [5.74, 6) is -6.80. The molecule has 0 unspecified atom stereocenters. The summed E-state index contributed by atoms with van der Waals surface area (Å²) < 4.78 is 0. The first-order valence-electron chi connectivity index (χ1n) is 12.0. The number of carboxylic acid groups (broad SMARTS) is 4. The molecule has 6 N–H and O–H groups in total. The number of aliphatic carboxylic acids is 4. The zero-order valence-electron chi connectivity index (χ0n) is 21.3. The number of rotatable bonds is 17. The van der Waals surface area contributed by atoms with E-state index < -0.39 is 74.0 Å². The van der Waals surface area contributed by atoms with E-state index >= 15 is 0 Å². The van der Waals surface area contributed by atoms with Gasteiger partial charge in [-0.05, 0) is 11.1 Å². The van der Waals surface area contributed by atoms with Gasteiger partial charge in [-0.25, -0.2) is 9.59 Å². The highest BCUT2D eigenvalue weighted by atomic mass is 16.4. The molecule has 14 nitrogen and oxygen atoms in total. The minimum absolute atomic E-state index is 0.176. The van der Waals surface area contributed by atoms with E-state index in [4.69, 9.17) is 0 Å². The molecule has 0 heterocycles. The number of hydrogen-bond acceptors (Lipinski definition) is 8. The molecule has 0 saturated heterocycles. The van der Waals surface area contributed by atoms with Gasteiger partial charge in [0.1, 0.15) is 0 Å². The monoisotopic (exact) mass is 558 g/mol. The molecular weight excluding hydrogens is 528 g/mol. The molecule has 0 spiro atoms. The Labute approximate surface area is 228 Å². The van der Waals surface area contributed by atoms with Crippen LogP contribution in [-0.2, 0) is 28.8 Å². The van der Waals surface area contributed by atoms with Crippen molar-refractivity contribution in [2.24, 2.45) is 0 Å². The van der Waals surface area contributed by atoms with Crippen LogP contribution in [-0.4, -0.2) is 105 Å². The summed E-state index contributed by atoms with van der Waals surface area (Å²) >= 11 is 0. The second-order valence-corrected chi connectivity index (χ2v) is 8.71. The van der Waals surface area contributed by atoms with Crippen molar-refractivity contribution < 1.29 is 49.2 Å². The molecule has 0 aliphatic heterocycles. The van der Waals surface area contributed by atoms with Crippen molar-refractivity contribution in [1.82, 2.24) is 20.4 Å². The fraction of sp³-hybridized carbons (Fsp3) is 0.308. The Morgan fingerprint density at radius 3 is 1.15 bits per heavy atom. The number of nitrogens with one attached hydrogen (secondary N) is 2. The summed E-state index contributed by atoms with van der Waals surface area (Å²) in [5.41, 5.74) is 0.615. The molecule has 0 saturated carbocycles. The summed E-state index contributed by atoms with van der Waals surface area (Å²) in [4.78, 5) is 73.6. The molecule has 2 aromatic rings. The Morgan fingerprint density at radius 1 is 0.550 bits per heavy atom. The minimum Gasteiger partial charge on any atom is -0.480 e. The Bertz CT molecular complexity index is 1100. The van der Waals surface area contributed by atoms with E-state index in [1.165, 1.54) is 24.3 Å². The van der Waals surface area contributed by atoms with Gasteiger partial charge in [0.05, 0.1) is 26.2 Å². The van der Waals surface area contributed by atoms with Crippen molar-refractivity contribution in [2.45, 2.75) is 12.1 Å². The Kier molecular flexibility index (Phi) is 12.2. The van der Waals surface area contributed by atoms with E-state index in [1.54, 1.807) is 36.4 Å². The number of benzene rings is 2. The summed E-state index contributed by atoms with van der Waals surface area (Å²) in [5, 5.41) is 42.2. The third kappa shape index (κ3) is 10.9. The van der Waals surface area contributed by atoms with E-state index in [9.17, 15) is 49.2 Å². The molecule has 14 heteroatoms. The standard InChI is InChI=1S/C26H30N4O10/c31-19(27-23(25(37)38)17-7-3-1-4-8-17)13-29(15-21(33)34)11-12-30(16-22(35)36)14-20(32)28-24(26(39)40)18-9-5-2-6-10-18/h1-10,23-24H,11-16H2,(H,27,31)(H,28,32)(H,33,34)(H,35,36)(H,37,38)(H,39,40)/t23-,24-/m0/s1. The second kappa shape index (κ2) is 15.6. The maximum Gasteiger partial charge on any atom is 0.330 e. The topological polar surface area (TPSA) is 214 Å². The van der Waals surface area contributed by atoms with Crippen LogP contribution in [0.5, 0.6) is 0 Å². The lowest BCUT2D eigenvalue weighted by Gasteiger charge is -2.26. The average Bonchev–Trinajstić information content (AvgIpc) is 2.89. The maximum atomic E-state index is 12.6. The van der Waals surface area contributed by atoms with Crippen molar-refractivity contribution in [2.75, 3.05) is 39.3 Å². The molecule has 40 heavy (non-hydrogen) atoms. The smallest absolute Gasteiger partial charge is 0.330 e. The van der Waals surface area contributed by atoms with Crippen LogP contribution in [0.15, 0.2) is 60.7 Å².